The normalized spacial score (nSPS) is 14.7. The van der Waals surface area contributed by atoms with Gasteiger partial charge < -0.3 is 5.32 Å². The summed E-state index contributed by atoms with van der Waals surface area (Å²) in [6.07, 6.45) is 6.38. The number of nitrogens with zero attached hydrogens (tertiary/aromatic N) is 1. The van der Waals surface area contributed by atoms with Gasteiger partial charge in [-0.25, -0.2) is 0 Å². The highest BCUT2D eigenvalue weighted by atomic mass is 35.5. The van der Waals surface area contributed by atoms with Crippen LogP contribution in [0.15, 0.2) is 42.7 Å². The largest absolute Gasteiger partial charge is 0.310 e. The maximum atomic E-state index is 6.21. The number of halogens is 1. The predicted octanol–water partition coefficient (Wildman–Crippen LogP) is 3.65. The van der Waals surface area contributed by atoms with Crippen molar-refractivity contribution >= 4 is 11.6 Å². The number of benzene rings is 1. The van der Waals surface area contributed by atoms with Crippen molar-refractivity contribution in [3.8, 4) is 11.1 Å². The van der Waals surface area contributed by atoms with Gasteiger partial charge in [-0.1, -0.05) is 29.8 Å². The minimum absolute atomic E-state index is 0.717. The van der Waals surface area contributed by atoms with Crippen LogP contribution in [0, 0.1) is 0 Å². The molecule has 1 aliphatic rings. The highest BCUT2D eigenvalue weighted by Gasteiger charge is 2.19. The van der Waals surface area contributed by atoms with E-state index in [1.54, 1.807) is 0 Å². The molecule has 0 unspecified atom stereocenters. The SMILES string of the molecule is Clc1ccccc1-c1cncc(CNC2CC2)c1. The lowest BCUT2D eigenvalue weighted by molar-refractivity contribution is 0.686. The van der Waals surface area contributed by atoms with Gasteiger partial charge in [-0.15, -0.1) is 0 Å². The van der Waals surface area contributed by atoms with Crippen LogP contribution in [-0.4, -0.2) is 11.0 Å². The molecule has 1 saturated carbocycles. The third-order valence-corrected chi connectivity index (χ3v) is 3.48. The fraction of sp³-hybridized carbons (Fsp3) is 0.267. The van der Waals surface area contributed by atoms with E-state index in [1.807, 2.05) is 36.7 Å². The fourth-order valence-corrected chi connectivity index (χ4v) is 2.22. The molecule has 1 heterocycles. The summed E-state index contributed by atoms with van der Waals surface area (Å²) in [6.45, 7) is 0.885. The molecule has 0 saturated heterocycles. The Labute approximate surface area is 112 Å². The van der Waals surface area contributed by atoms with E-state index in [0.717, 1.165) is 22.7 Å². The molecule has 0 radical (unpaired) electrons. The molecule has 1 aromatic heterocycles. The molecule has 2 nitrogen and oxygen atoms in total. The topological polar surface area (TPSA) is 24.9 Å². The summed E-state index contributed by atoms with van der Waals surface area (Å²) in [6, 6.07) is 10.7. The van der Waals surface area contributed by atoms with Gasteiger partial charge in [0.25, 0.3) is 0 Å². The Morgan fingerprint density at radius 2 is 2.06 bits per heavy atom. The molecule has 0 spiro atoms. The van der Waals surface area contributed by atoms with E-state index in [2.05, 4.69) is 16.4 Å². The number of hydrogen-bond acceptors (Lipinski definition) is 2. The van der Waals surface area contributed by atoms with Crippen LogP contribution in [0.5, 0.6) is 0 Å². The van der Waals surface area contributed by atoms with E-state index in [4.69, 9.17) is 11.6 Å². The molecule has 0 aliphatic heterocycles. The van der Waals surface area contributed by atoms with Gasteiger partial charge in [0.2, 0.25) is 0 Å². The van der Waals surface area contributed by atoms with Gasteiger partial charge in [0, 0.05) is 41.1 Å². The van der Waals surface area contributed by atoms with Gasteiger partial charge in [-0.05, 0) is 30.5 Å². The Hall–Kier alpha value is -1.38. The quantitative estimate of drug-likeness (QED) is 0.905. The summed E-state index contributed by atoms with van der Waals surface area (Å²) in [5, 5.41) is 4.26. The number of hydrogen-bond donors (Lipinski definition) is 1. The average Bonchev–Trinajstić information content (AvgIpc) is 3.21. The minimum Gasteiger partial charge on any atom is -0.310 e. The fourth-order valence-electron chi connectivity index (χ4n) is 1.98. The van der Waals surface area contributed by atoms with Crippen molar-refractivity contribution in [1.29, 1.82) is 0 Å². The Kier molecular flexibility index (Phi) is 3.31. The first-order valence-corrected chi connectivity index (χ1v) is 6.63. The summed E-state index contributed by atoms with van der Waals surface area (Å²) in [7, 11) is 0. The summed E-state index contributed by atoms with van der Waals surface area (Å²) in [5.41, 5.74) is 3.33. The zero-order chi connectivity index (χ0) is 12.4. The van der Waals surface area contributed by atoms with Crippen molar-refractivity contribution in [2.75, 3.05) is 0 Å². The molecule has 2 aromatic rings. The third-order valence-electron chi connectivity index (χ3n) is 3.15. The molecule has 3 heteroatoms. The van der Waals surface area contributed by atoms with Crippen LogP contribution >= 0.6 is 11.6 Å². The first-order chi connectivity index (χ1) is 8.83. The zero-order valence-electron chi connectivity index (χ0n) is 10.1. The second kappa shape index (κ2) is 5.09. The highest BCUT2D eigenvalue weighted by molar-refractivity contribution is 6.33. The molecule has 3 rings (SSSR count). The average molecular weight is 259 g/mol. The Bertz CT molecular complexity index is 550. The van der Waals surface area contributed by atoms with Gasteiger partial charge in [-0.2, -0.15) is 0 Å². The predicted molar refractivity (Wildman–Crippen MR) is 74.5 cm³/mol. The third kappa shape index (κ3) is 2.71. The van der Waals surface area contributed by atoms with Gasteiger partial charge >= 0.3 is 0 Å². The lowest BCUT2D eigenvalue weighted by atomic mass is 10.1. The zero-order valence-corrected chi connectivity index (χ0v) is 10.8. The van der Waals surface area contributed by atoms with Crippen molar-refractivity contribution < 1.29 is 0 Å². The maximum absolute atomic E-state index is 6.21. The lowest BCUT2D eigenvalue weighted by Gasteiger charge is -2.07. The number of nitrogens with one attached hydrogen (secondary N) is 1. The lowest BCUT2D eigenvalue weighted by Crippen LogP contribution is -2.15. The van der Waals surface area contributed by atoms with Crippen LogP contribution in [0.1, 0.15) is 18.4 Å². The molecule has 0 atom stereocenters. The molecule has 18 heavy (non-hydrogen) atoms. The van der Waals surface area contributed by atoms with Gasteiger partial charge in [0.1, 0.15) is 0 Å². The summed E-state index contributed by atoms with van der Waals surface area (Å²) in [4.78, 5) is 4.30. The first kappa shape index (κ1) is 11.7. The molecule has 1 fully saturated rings. The molecule has 0 bridgehead atoms. The number of rotatable bonds is 4. The Morgan fingerprint density at radius 3 is 2.83 bits per heavy atom. The van der Waals surface area contributed by atoms with Crippen LogP contribution in [0.4, 0.5) is 0 Å². The number of pyridine rings is 1. The maximum Gasteiger partial charge on any atom is 0.0484 e. The first-order valence-electron chi connectivity index (χ1n) is 6.25. The van der Waals surface area contributed by atoms with Crippen molar-refractivity contribution in [2.45, 2.75) is 25.4 Å². The number of aromatic nitrogens is 1. The highest BCUT2D eigenvalue weighted by Crippen LogP contribution is 2.27. The van der Waals surface area contributed by atoms with E-state index in [0.29, 0.717) is 6.04 Å². The van der Waals surface area contributed by atoms with Crippen LogP contribution in [-0.2, 0) is 6.54 Å². The van der Waals surface area contributed by atoms with Crippen LogP contribution < -0.4 is 5.32 Å². The van der Waals surface area contributed by atoms with Crippen molar-refractivity contribution in [3.05, 3.63) is 53.3 Å². The molecule has 1 aliphatic carbocycles. The van der Waals surface area contributed by atoms with E-state index < -0.39 is 0 Å². The van der Waals surface area contributed by atoms with Gasteiger partial charge in [-0.3, -0.25) is 4.98 Å². The standard InChI is InChI=1S/C15H15ClN2/c16-15-4-2-1-3-14(15)12-7-11(8-17-10-12)9-18-13-5-6-13/h1-4,7-8,10,13,18H,5-6,9H2. The molecule has 92 valence electrons. The molecule has 1 aromatic carbocycles. The van der Waals surface area contributed by atoms with E-state index in [9.17, 15) is 0 Å². The molecule has 1 N–H and O–H groups in total. The van der Waals surface area contributed by atoms with Gasteiger partial charge in [0.05, 0.1) is 0 Å². The molecular formula is C15H15ClN2. The second-order valence-electron chi connectivity index (χ2n) is 4.72. The summed E-state index contributed by atoms with van der Waals surface area (Å²) < 4.78 is 0. The van der Waals surface area contributed by atoms with Crippen LogP contribution in [0.25, 0.3) is 11.1 Å². The van der Waals surface area contributed by atoms with Crippen LogP contribution in [0.2, 0.25) is 5.02 Å². The van der Waals surface area contributed by atoms with E-state index in [1.165, 1.54) is 18.4 Å². The summed E-state index contributed by atoms with van der Waals surface area (Å²) in [5.74, 6) is 0. The van der Waals surface area contributed by atoms with Crippen molar-refractivity contribution in [2.24, 2.45) is 0 Å². The molecular weight excluding hydrogens is 244 g/mol. The summed E-state index contributed by atoms with van der Waals surface area (Å²) >= 11 is 6.21. The molecule has 0 amide bonds. The van der Waals surface area contributed by atoms with Crippen molar-refractivity contribution in [1.82, 2.24) is 10.3 Å². The monoisotopic (exact) mass is 258 g/mol. The van der Waals surface area contributed by atoms with Crippen LogP contribution in [0.3, 0.4) is 0 Å². The van der Waals surface area contributed by atoms with Crippen molar-refractivity contribution in [3.63, 3.8) is 0 Å². The minimum atomic E-state index is 0.717. The Morgan fingerprint density at radius 1 is 1.22 bits per heavy atom. The Balaban J connectivity index is 1.83. The van der Waals surface area contributed by atoms with E-state index >= 15 is 0 Å². The second-order valence-corrected chi connectivity index (χ2v) is 5.12. The smallest absolute Gasteiger partial charge is 0.0484 e. The van der Waals surface area contributed by atoms with E-state index in [-0.39, 0.29) is 0 Å². The van der Waals surface area contributed by atoms with Gasteiger partial charge in [0.15, 0.2) is 0 Å².